The molecule has 0 radical (unpaired) electrons. The SMILES string of the molecule is O=C(CCCCCN1C(=O)/C(=C/c2ccccc2)SC1=S)NNC(=O)CSc1nc2ccccc2o1. The Kier molecular flexibility index (Phi) is 9.15. The fraction of sp³-hybridized carbons (Fsp3) is 0.240. The van der Waals surface area contributed by atoms with Gasteiger partial charge in [-0.2, -0.15) is 0 Å². The van der Waals surface area contributed by atoms with Gasteiger partial charge < -0.3 is 4.42 Å². The maximum atomic E-state index is 12.7. The number of oxazole rings is 1. The molecule has 0 unspecified atom stereocenters. The number of carbonyl (C=O) groups is 3. The number of nitrogens with one attached hydrogen (secondary N) is 2. The normalized spacial score (nSPS) is 14.6. The van der Waals surface area contributed by atoms with E-state index in [0.717, 1.165) is 35.7 Å². The summed E-state index contributed by atoms with van der Waals surface area (Å²) in [5.74, 6) is -0.638. The molecule has 0 saturated carbocycles. The molecule has 0 atom stereocenters. The highest BCUT2D eigenvalue weighted by molar-refractivity contribution is 8.26. The Morgan fingerprint density at radius 3 is 2.58 bits per heavy atom. The third kappa shape index (κ3) is 7.19. The largest absolute Gasteiger partial charge is 0.431 e. The molecule has 2 N–H and O–H groups in total. The van der Waals surface area contributed by atoms with Gasteiger partial charge in [0.15, 0.2) is 5.58 Å². The second kappa shape index (κ2) is 12.7. The van der Waals surface area contributed by atoms with Gasteiger partial charge in [0.25, 0.3) is 11.1 Å². The number of para-hydroxylation sites is 2. The molecule has 1 saturated heterocycles. The van der Waals surface area contributed by atoms with E-state index in [0.29, 0.717) is 33.0 Å². The molecule has 8 nitrogen and oxygen atoms in total. The first kappa shape index (κ1) is 25.9. The first-order chi connectivity index (χ1) is 17.5. The number of aromatic nitrogens is 1. The Balaban J connectivity index is 1.09. The molecule has 11 heteroatoms. The third-order valence-corrected chi connectivity index (χ3v) is 7.40. The van der Waals surface area contributed by atoms with Crippen molar-refractivity contribution >= 4 is 75.0 Å². The first-order valence-electron chi connectivity index (χ1n) is 11.4. The summed E-state index contributed by atoms with van der Waals surface area (Å²) in [7, 11) is 0. The number of benzene rings is 2. The Bertz CT molecular complexity index is 1260. The fourth-order valence-electron chi connectivity index (χ4n) is 3.40. The number of fused-ring (bicyclic) bond motifs is 1. The van der Waals surface area contributed by atoms with Gasteiger partial charge in [0.1, 0.15) is 9.84 Å². The number of hydrazine groups is 1. The van der Waals surface area contributed by atoms with Crippen LogP contribution < -0.4 is 10.9 Å². The summed E-state index contributed by atoms with van der Waals surface area (Å²) in [4.78, 5) is 43.2. The van der Waals surface area contributed by atoms with Crippen LogP contribution in [0.1, 0.15) is 31.2 Å². The second-order valence-corrected chi connectivity index (χ2v) is 10.5. The Morgan fingerprint density at radius 1 is 1.03 bits per heavy atom. The number of thiocarbonyl (C=S) groups is 1. The summed E-state index contributed by atoms with van der Waals surface area (Å²) < 4.78 is 6.10. The monoisotopic (exact) mass is 540 g/mol. The van der Waals surface area contributed by atoms with Gasteiger partial charge in [-0.05, 0) is 36.6 Å². The van der Waals surface area contributed by atoms with Crippen LogP contribution in [-0.4, -0.2) is 44.2 Å². The van der Waals surface area contributed by atoms with Crippen molar-refractivity contribution in [2.45, 2.75) is 30.9 Å². The summed E-state index contributed by atoms with van der Waals surface area (Å²) in [5, 5.41) is 0.398. The highest BCUT2D eigenvalue weighted by atomic mass is 32.2. The van der Waals surface area contributed by atoms with Crippen molar-refractivity contribution in [3.8, 4) is 0 Å². The van der Waals surface area contributed by atoms with Crippen LogP contribution in [0.4, 0.5) is 0 Å². The fourth-order valence-corrected chi connectivity index (χ4v) is 5.35. The number of rotatable bonds is 10. The van der Waals surface area contributed by atoms with Crippen LogP contribution in [0.3, 0.4) is 0 Å². The van der Waals surface area contributed by atoms with E-state index in [1.165, 1.54) is 11.8 Å². The van der Waals surface area contributed by atoms with Crippen LogP contribution >= 0.6 is 35.7 Å². The zero-order valence-corrected chi connectivity index (χ0v) is 21.7. The Hall–Kier alpha value is -3.15. The molecule has 3 amide bonds. The number of nitrogens with zero attached hydrogens (tertiary/aromatic N) is 2. The van der Waals surface area contributed by atoms with E-state index in [4.69, 9.17) is 16.6 Å². The molecule has 3 aromatic rings. The number of hydrogen-bond acceptors (Lipinski definition) is 8. The number of thioether (sulfide) groups is 2. The molecule has 4 rings (SSSR count). The predicted octanol–water partition coefficient (Wildman–Crippen LogP) is 4.53. The lowest BCUT2D eigenvalue weighted by Gasteiger charge is -2.14. The van der Waals surface area contributed by atoms with Crippen molar-refractivity contribution in [2.24, 2.45) is 0 Å². The van der Waals surface area contributed by atoms with Gasteiger partial charge in [0.05, 0.1) is 10.7 Å². The van der Waals surface area contributed by atoms with E-state index < -0.39 is 0 Å². The molecule has 0 aliphatic carbocycles. The van der Waals surface area contributed by atoms with Crippen LogP contribution in [0.5, 0.6) is 0 Å². The minimum atomic E-state index is -0.353. The van der Waals surface area contributed by atoms with Gasteiger partial charge in [-0.3, -0.25) is 30.1 Å². The van der Waals surface area contributed by atoms with E-state index in [2.05, 4.69) is 15.8 Å². The van der Waals surface area contributed by atoms with E-state index in [9.17, 15) is 14.4 Å². The lowest BCUT2D eigenvalue weighted by atomic mass is 10.2. The zero-order valence-electron chi connectivity index (χ0n) is 19.3. The smallest absolute Gasteiger partial charge is 0.266 e. The van der Waals surface area contributed by atoms with Crippen LogP contribution in [-0.2, 0) is 14.4 Å². The van der Waals surface area contributed by atoms with Gasteiger partial charge in [-0.25, -0.2) is 4.98 Å². The molecular weight excluding hydrogens is 517 g/mol. The summed E-state index contributed by atoms with van der Waals surface area (Å²) in [5.41, 5.74) is 7.17. The summed E-state index contributed by atoms with van der Waals surface area (Å²) >= 11 is 7.83. The molecule has 186 valence electrons. The van der Waals surface area contributed by atoms with E-state index in [1.807, 2.05) is 60.7 Å². The lowest BCUT2D eigenvalue weighted by molar-refractivity contribution is -0.127. The number of carbonyl (C=O) groups excluding carboxylic acids is 3. The van der Waals surface area contributed by atoms with Crippen molar-refractivity contribution in [1.29, 1.82) is 0 Å². The molecule has 1 fully saturated rings. The van der Waals surface area contributed by atoms with Gasteiger partial charge in [-0.1, -0.05) is 84.6 Å². The maximum absolute atomic E-state index is 12.7. The van der Waals surface area contributed by atoms with Crippen molar-refractivity contribution in [1.82, 2.24) is 20.7 Å². The highest BCUT2D eigenvalue weighted by Crippen LogP contribution is 2.32. The molecule has 1 aliphatic heterocycles. The van der Waals surface area contributed by atoms with Gasteiger partial charge in [0.2, 0.25) is 11.8 Å². The summed E-state index contributed by atoms with van der Waals surface area (Å²) in [6, 6.07) is 17.0. The molecule has 0 bridgehead atoms. The average molecular weight is 541 g/mol. The van der Waals surface area contributed by atoms with E-state index in [1.54, 1.807) is 4.90 Å². The van der Waals surface area contributed by atoms with Crippen molar-refractivity contribution in [3.05, 3.63) is 65.1 Å². The molecule has 0 spiro atoms. The quantitative estimate of drug-likeness (QED) is 0.127. The van der Waals surface area contributed by atoms with Crippen molar-refractivity contribution in [3.63, 3.8) is 0 Å². The van der Waals surface area contributed by atoms with E-state index >= 15 is 0 Å². The topological polar surface area (TPSA) is 105 Å². The standard InChI is InChI=1S/C25H24N4O4S3/c30-21(27-28-22(31)16-35-24-26-18-11-6-7-12-19(18)33-24)13-5-2-8-14-29-23(32)20(36-25(29)34)15-17-9-3-1-4-10-17/h1,3-4,6-7,9-12,15H,2,5,8,13-14,16H2,(H,27,30)(H,28,31)/b20-15-. The molecule has 1 aliphatic rings. The molecular formula is C25H24N4O4S3. The molecule has 2 heterocycles. The van der Waals surface area contributed by atoms with Gasteiger partial charge in [-0.15, -0.1) is 0 Å². The van der Waals surface area contributed by atoms with Crippen molar-refractivity contribution in [2.75, 3.05) is 12.3 Å². The Labute approximate surface area is 222 Å². The van der Waals surface area contributed by atoms with Gasteiger partial charge in [0, 0.05) is 13.0 Å². The van der Waals surface area contributed by atoms with Crippen LogP contribution in [0.15, 0.2) is 69.1 Å². The first-order valence-corrected chi connectivity index (χ1v) is 13.6. The number of unbranched alkanes of at least 4 members (excludes halogenated alkanes) is 2. The molecule has 1 aromatic heterocycles. The average Bonchev–Trinajstić information content (AvgIpc) is 3.42. The maximum Gasteiger partial charge on any atom is 0.266 e. The lowest BCUT2D eigenvalue weighted by Crippen LogP contribution is -2.42. The molecule has 2 aromatic carbocycles. The third-order valence-electron chi connectivity index (χ3n) is 5.20. The highest BCUT2D eigenvalue weighted by Gasteiger charge is 2.31. The summed E-state index contributed by atoms with van der Waals surface area (Å²) in [6.07, 6.45) is 4.23. The number of amides is 3. The molecule has 36 heavy (non-hydrogen) atoms. The van der Waals surface area contributed by atoms with E-state index in [-0.39, 0.29) is 29.9 Å². The predicted molar refractivity (Wildman–Crippen MR) is 146 cm³/mol. The second-order valence-electron chi connectivity index (χ2n) is 7.89. The Morgan fingerprint density at radius 2 is 1.78 bits per heavy atom. The number of hydrogen-bond donors (Lipinski definition) is 2. The van der Waals surface area contributed by atoms with Crippen LogP contribution in [0.25, 0.3) is 17.2 Å². The summed E-state index contributed by atoms with van der Waals surface area (Å²) in [6.45, 7) is 0.516. The van der Waals surface area contributed by atoms with Crippen LogP contribution in [0, 0.1) is 0 Å². The zero-order chi connectivity index (χ0) is 25.3. The minimum absolute atomic E-state index is 0.0651. The van der Waals surface area contributed by atoms with Gasteiger partial charge >= 0.3 is 0 Å². The minimum Gasteiger partial charge on any atom is -0.431 e. The van der Waals surface area contributed by atoms with Crippen molar-refractivity contribution < 1.29 is 18.8 Å². The van der Waals surface area contributed by atoms with Crippen LogP contribution in [0.2, 0.25) is 0 Å².